The van der Waals surface area contributed by atoms with Gasteiger partial charge in [-0.15, -0.1) is 0 Å². The molecule has 2 unspecified atom stereocenters. The molecular formula is C8H17BN2O4. The standard InChI is InChI=1S/C8H17BN2O4/c10-8(7(12)13)5-11-4-6(8)2-1-3-9(14)15/h6,11,14-15H,1-5,10H2,(H,12,13). The number of hydrogen-bond acceptors (Lipinski definition) is 5. The van der Waals surface area contributed by atoms with Gasteiger partial charge in [0.25, 0.3) is 0 Å². The number of nitrogens with one attached hydrogen (secondary N) is 1. The molecule has 15 heavy (non-hydrogen) atoms. The first kappa shape index (κ1) is 12.4. The number of carboxylic acid groups (broad SMARTS) is 1. The van der Waals surface area contributed by atoms with Gasteiger partial charge in [0.15, 0.2) is 0 Å². The predicted molar refractivity (Wildman–Crippen MR) is 55.1 cm³/mol. The van der Waals surface area contributed by atoms with Gasteiger partial charge in [0.05, 0.1) is 0 Å². The van der Waals surface area contributed by atoms with Gasteiger partial charge in [-0.25, -0.2) is 0 Å². The van der Waals surface area contributed by atoms with Crippen molar-refractivity contribution in [2.75, 3.05) is 13.1 Å². The van der Waals surface area contributed by atoms with Crippen molar-refractivity contribution in [2.45, 2.75) is 24.7 Å². The van der Waals surface area contributed by atoms with Crippen molar-refractivity contribution >= 4 is 13.1 Å². The highest BCUT2D eigenvalue weighted by Crippen LogP contribution is 2.25. The third-order valence-corrected chi connectivity index (χ3v) is 2.95. The molecule has 1 aliphatic heterocycles. The second-order valence-corrected chi connectivity index (χ2v) is 4.08. The Bertz CT molecular complexity index is 239. The molecule has 0 aliphatic carbocycles. The van der Waals surface area contributed by atoms with E-state index in [-0.39, 0.29) is 18.8 Å². The summed E-state index contributed by atoms with van der Waals surface area (Å²) in [4.78, 5) is 11.0. The summed E-state index contributed by atoms with van der Waals surface area (Å²) in [6, 6.07) is 0. The lowest BCUT2D eigenvalue weighted by molar-refractivity contribution is -0.144. The van der Waals surface area contributed by atoms with Crippen molar-refractivity contribution in [3.8, 4) is 0 Å². The number of rotatable bonds is 5. The lowest BCUT2D eigenvalue weighted by atomic mass is 9.78. The van der Waals surface area contributed by atoms with Crippen molar-refractivity contribution in [3.63, 3.8) is 0 Å². The highest BCUT2D eigenvalue weighted by Gasteiger charge is 2.45. The van der Waals surface area contributed by atoms with Crippen LogP contribution in [-0.2, 0) is 4.79 Å². The number of carbonyl (C=O) groups is 1. The zero-order chi connectivity index (χ0) is 11.5. The Morgan fingerprint density at radius 1 is 1.60 bits per heavy atom. The van der Waals surface area contributed by atoms with Gasteiger partial charge in [0.1, 0.15) is 5.54 Å². The Labute approximate surface area is 88.6 Å². The van der Waals surface area contributed by atoms with Crippen molar-refractivity contribution in [2.24, 2.45) is 11.7 Å². The second kappa shape index (κ2) is 4.93. The van der Waals surface area contributed by atoms with Crippen molar-refractivity contribution in [3.05, 3.63) is 0 Å². The summed E-state index contributed by atoms with van der Waals surface area (Å²) >= 11 is 0. The summed E-state index contributed by atoms with van der Waals surface area (Å²) in [5, 5.41) is 29.3. The van der Waals surface area contributed by atoms with E-state index in [1.54, 1.807) is 0 Å². The average molecular weight is 216 g/mol. The zero-order valence-electron chi connectivity index (χ0n) is 8.52. The van der Waals surface area contributed by atoms with Crippen LogP contribution in [0.5, 0.6) is 0 Å². The molecule has 86 valence electrons. The van der Waals surface area contributed by atoms with Crippen LogP contribution in [0.25, 0.3) is 0 Å². The summed E-state index contributed by atoms with van der Waals surface area (Å²) in [5.41, 5.74) is 4.57. The minimum Gasteiger partial charge on any atom is -0.480 e. The van der Waals surface area contributed by atoms with Crippen molar-refractivity contribution < 1.29 is 19.9 Å². The zero-order valence-corrected chi connectivity index (χ0v) is 8.52. The van der Waals surface area contributed by atoms with E-state index in [9.17, 15) is 4.79 Å². The largest absolute Gasteiger partial charge is 0.480 e. The molecule has 0 radical (unpaired) electrons. The van der Waals surface area contributed by atoms with Gasteiger partial charge in [-0.2, -0.15) is 0 Å². The van der Waals surface area contributed by atoms with Gasteiger partial charge in [0.2, 0.25) is 0 Å². The smallest absolute Gasteiger partial charge is 0.451 e. The Morgan fingerprint density at radius 3 is 2.80 bits per heavy atom. The van der Waals surface area contributed by atoms with Gasteiger partial charge in [-0.1, -0.05) is 6.42 Å². The minimum atomic E-state index is -1.32. The monoisotopic (exact) mass is 216 g/mol. The number of carboxylic acids is 1. The summed E-state index contributed by atoms with van der Waals surface area (Å²) in [6.07, 6.45) is 1.41. The van der Waals surface area contributed by atoms with Gasteiger partial charge < -0.3 is 26.2 Å². The maximum atomic E-state index is 11.0. The molecule has 0 aromatic rings. The summed E-state index contributed by atoms with van der Waals surface area (Å²) in [7, 11) is -1.32. The first-order valence-corrected chi connectivity index (χ1v) is 5.06. The number of nitrogens with two attached hydrogens (primary N) is 1. The van der Waals surface area contributed by atoms with Crippen LogP contribution in [0.2, 0.25) is 6.32 Å². The minimum absolute atomic E-state index is 0.145. The topological polar surface area (TPSA) is 116 Å². The molecule has 0 amide bonds. The lowest BCUT2D eigenvalue weighted by Gasteiger charge is -2.25. The molecule has 1 heterocycles. The first-order valence-electron chi connectivity index (χ1n) is 5.06. The van der Waals surface area contributed by atoms with E-state index in [1.807, 2.05) is 0 Å². The number of aliphatic carboxylic acids is 1. The maximum Gasteiger partial charge on any atom is 0.451 e. The highest BCUT2D eigenvalue weighted by molar-refractivity contribution is 6.40. The molecule has 0 aromatic carbocycles. The molecule has 1 rings (SSSR count). The highest BCUT2D eigenvalue weighted by atomic mass is 16.4. The van der Waals surface area contributed by atoms with Crippen LogP contribution in [-0.4, -0.2) is 46.9 Å². The molecule has 0 saturated carbocycles. The Kier molecular flexibility index (Phi) is 4.09. The molecule has 0 bridgehead atoms. The predicted octanol–water partition coefficient (Wildman–Crippen LogP) is -1.76. The second-order valence-electron chi connectivity index (χ2n) is 4.08. The molecular weight excluding hydrogens is 199 g/mol. The third-order valence-electron chi connectivity index (χ3n) is 2.95. The first-order chi connectivity index (χ1) is 6.97. The van der Waals surface area contributed by atoms with Crippen molar-refractivity contribution in [1.29, 1.82) is 0 Å². The molecule has 0 aromatic heterocycles. The van der Waals surface area contributed by atoms with Crippen LogP contribution in [0.4, 0.5) is 0 Å². The van der Waals surface area contributed by atoms with Gasteiger partial charge in [-0.3, -0.25) is 4.79 Å². The van der Waals surface area contributed by atoms with Crippen LogP contribution in [0.1, 0.15) is 12.8 Å². The van der Waals surface area contributed by atoms with Crippen molar-refractivity contribution in [1.82, 2.24) is 5.32 Å². The molecule has 1 saturated heterocycles. The molecule has 1 aliphatic rings. The van der Waals surface area contributed by atoms with Crippen LogP contribution < -0.4 is 11.1 Å². The van der Waals surface area contributed by atoms with E-state index in [4.69, 9.17) is 20.9 Å². The average Bonchev–Trinajstić information content (AvgIpc) is 2.49. The molecule has 6 N–H and O–H groups in total. The van der Waals surface area contributed by atoms with E-state index < -0.39 is 18.6 Å². The van der Waals surface area contributed by atoms with Crippen LogP contribution >= 0.6 is 0 Å². The lowest BCUT2D eigenvalue weighted by Crippen LogP contribution is -2.54. The molecule has 2 atom stereocenters. The fourth-order valence-corrected chi connectivity index (χ4v) is 1.94. The fourth-order valence-electron chi connectivity index (χ4n) is 1.94. The maximum absolute atomic E-state index is 11.0. The summed E-state index contributed by atoms with van der Waals surface area (Å²) in [6.45, 7) is 0.846. The SMILES string of the molecule is NC1(C(=O)O)CNCC1CCCB(O)O. The van der Waals surface area contributed by atoms with E-state index in [0.717, 1.165) is 0 Å². The van der Waals surface area contributed by atoms with E-state index in [2.05, 4.69) is 5.32 Å². The molecule has 6 nitrogen and oxygen atoms in total. The summed E-state index contributed by atoms with van der Waals surface area (Å²) < 4.78 is 0. The molecule has 0 spiro atoms. The Morgan fingerprint density at radius 2 is 2.27 bits per heavy atom. The van der Waals surface area contributed by atoms with E-state index >= 15 is 0 Å². The van der Waals surface area contributed by atoms with Crippen LogP contribution in [0, 0.1) is 5.92 Å². The van der Waals surface area contributed by atoms with Gasteiger partial charge >= 0.3 is 13.1 Å². The van der Waals surface area contributed by atoms with E-state index in [1.165, 1.54) is 0 Å². The third kappa shape index (κ3) is 2.91. The quantitative estimate of drug-likeness (QED) is 0.348. The normalized spacial score (nSPS) is 30.5. The molecule has 7 heteroatoms. The van der Waals surface area contributed by atoms with Gasteiger partial charge in [-0.05, 0) is 12.7 Å². The van der Waals surface area contributed by atoms with E-state index in [0.29, 0.717) is 19.4 Å². The Balaban J connectivity index is 2.43. The number of hydrogen-bond donors (Lipinski definition) is 5. The summed E-state index contributed by atoms with van der Waals surface area (Å²) in [5.74, 6) is -1.14. The fraction of sp³-hybridized carbons (Fsp3) is 0.875. The van der Waals surface area contributed by atoms with Gasteiger partial charge in [0, 0.05) is 19.0 Å². The van der Waals surface area contributed by atoms with Crippen LogP contribution in [0.15, 0.2) is 0 Å². The van der Waals surface area contributed by atoms with Crippen LogP contribution in [0.3, 0.4) is 0 Å². The molecule has 1 fully saturated rings. The Hall–Kier alpha value is -0.625.